The minimum absolute atomic E-state index is 0.0903. The highest BCUT2D eigenvalue weighted by molar-refractivity contribution is 9.10. The third-order valence-electron chi connectivity index (χ3n) is 4.96. The van der Waals surface area contributed by atoms with E-state index in [1.54, 1.807) is 12.4 Å². The van der Waals surface area contributed by atoms with E-state index in [0.29, 0.717) is 11.0 Å². The van der Waals surface area contributed by atoms with Crippen molar-refractivity contribution in [3.63, 3.8) is 0 Å². The molecule has 0 fully saturated rings. The molecule has 0 radical (unpaired) electrons. The first-order valence-corrected chi connectivity index (χ1v) is 11.8. The van der Waals surface area contributed by atoms with Gasteiger partial charge in [0.2, 0.25) is 5.91 Å². The van der Waals surface area contributed by atoms with Crippen LogP contribution in [-0.4, -0.2) is 31.4 Å². The topological polar surface area (TPSA) is 72.7 Å². The summed E-state index contributed by atoms with van der Waals surface area (Å²) in [5.41, 5.74) is 5.88. The molecular weight excluding hydrogens is 486 g/mol. The van der Waals surface area contributed by atoms with Crippen LogP contribution < -0.4 is 5.32 Å². The maximum atomic E-state index is 12.7. The van der Waals surface area contributed by atoms with Crippen LogP contribution in [0.3, 0.4) is 0 Å². The van der Waals surface area contributed by atoms with Crippen LogP contribution in [0.15, 0.2) is 70.6 Å². The van der Waals surface area contributed by atoms with Gasteiger partial charge < -0.3 is 5.32 Å². The molecule has 2 aromatic heterocycles. The van der Waals surface area contributed by atoms with E-state index < -0.39 is 0 Å². The summed E-state index contributed by atoms with van der Waals surface area (Å²) in [7, 11) is 0. The summed E-state index contributed by atoms with van der Waals surface area (Å²) >= 11 is 4.85. The van der Waals surface area contributed by atoms with E-state index in [1.807, 2.05) is 73.9 Å². The molecule has 1 N–H and O–H groups in total. The highest BCUT2D eigenvalue weighted by atomic mass is 79.9. The van der Waals surface area contributed by atoms with E-state index in [4.69, 9.17) is 0 Å². The smallest absolute Gasteiger partial charge is 0.234 e. The molecule has 4 rings (SSSR count). The number of nitrogens with zero attached hydrogens (tertiary/aromatic N) is 4. The molecule has 0 spiro atoms. The number of rotatable bonds is 6. The Morgan fingerprint density at radius 3 is 2.31 bits per heavy atom. The van der Waals surface area contributed by atoms with E-state index in [0.717, 1.165) is 32.5 Å². The minimum atomic E-state index is -0.0903. The van der Waals surface area contributed by atoms with Crippen LogP contribution in [0, 0.1) is 20.8 Å². The van der Waals surface area contributed by atoms with Gasteiger partial charge in [-0.1, -0.05) is 45.4 Å². The number of amides is 1. The fraction of sp³-hybridized carbons (Fsp3) is 0.167. The van der Waals surface area contributed by atoms with Crippen LogP contribution in [0.2, 0.25) is 0 Å². The fourth-order valence-electron chi connectivity index (χ4n) is 3.39. The van der Waals surface area contributed by atoms with Gasteiger partial charge in [-0.05, 0) is 68.3 Å². The van der Waals surface area contributed by atoms with Gasteiger partial charge in [0, 0.05) is 33.8 Å². The van der Waals surface area contributed by atoms with Gasteiger partial charge in [-0.15, -0.1) is 10.2 Å². The molecule has 162 valence electrons. The first-order valence-electron chi connectivity index (χ1n) is 10.0. The third-order valence-corrected chi connectivity index (χ3v) is 6.35. The Kier molecular flexibility index (Phi) is 6.72. The number of thioether (sulfide) groups is 1. The highest BCUT2D eigenvalue weighted by Gasteiger charge is 2.18. The normalized spacial score (nSPS) is 10.9. The van der Waals surface area contributed by atoms with Gasteiger partial charge in [0.15, 0.2) is 11.0 Å². The second-order valence-electron chi connectivity index (χ2n) is 7.46. The number of nitrogens with one attached hydrogen (secondary N) is 1. The van der Waals surface area contributed by atoms with Crippen molar-refractivity contribution in [2.45, 2.75) is 25.9 Å². The zero-order valence-electron chi connectivity index (χ0n) is 18.0. The van der Waals surface area contributed by atoms with Crippen molar-refractivity contribution < 1.29 is 4.79 Å². The lowest BCUT2D eigenvalue weighted by atomic mass is 10.1. The fourth-order valence-corrected chi connectivity index (χ4v) is 4.83. The van der Waals surface area contributed by atoms with Crippen molar-refractivity contribution >= 4 is 39.3 Å². The second-order valence-corrected chi connectivity index (χ2v) is 9.32. The van der Waals surface area contributed by atoms with E-state index >= 15 is 0 Å². The van der Waals surface area contributed by atoms with Gasteiger partial charge in [-0.25, -0.2) is 0 Å². The molecule has 0 atom stereocenters. The van der Waals surface area contributed by atoms with Crippen LogP contribution in [0.5, 0.6) is 0 Å². The molecule has 0 aliphatic heterocycles. The lowest BCUT2D eigenvalue weighted by Crippen LogP contribution is -2.16. The summed E-state index contributed by atoms with van der Waals surface area (Å²) in [6.45, 7) is 6.01. The van der Waals surface area contributed by atoms with Gasteiger partial charge in [-0.2, -0.15) is 0 Å². The van der Waals surface area contributed by atoms with Crippen molar-refractivity contribution in [1.82, 2.24) is 19.7 Å². The Hall–Kier alpha value is -2.97. The van der Waals surface area contributed by atoms with E-state index in [9.17, 15) is 4.79 Å². The first-order chi connectivity index (χ1) is 15.4. The van der Waals surface area contributed by atoms with Gasteiger partial charge in [0.05, 0.1) is 5.75 Å². The van der Waals surface area contributed by atoms with Crippen LogP contribution in [-0.2, 0) is 4.79 Å². The second kappa shape index (κ2) is 9.67. The average Bonchev–Trinajstić information content (AvgIpc) is 3.20. The van der Waals surface area contributed by atoms with Crippen LogP contribution in [0.25, 0.3) is 17.1 Å². The zero-order valence-corrected chi connectivity index (χ0v) is 20.4. The van der Waals surface area contributed by atoms with Crippen molar-refractivity contribution in [3.05, 3.63) is 82.1 Å². The molecule has 32 heavy (non-hydrogen) atoms. The number of benzene rings is 2. The summed E-state index contributed by atoms with van der Waals surface area (Å²) < 4.78 is 2.97. The molecule has 2 heterocycles. The summed E-state index contributed by atoms with van der Waals surface area (Å²) in [6, 6.07) is 15.9. The quantitative estimate of drug-likeness (QED) is 0.336. The lowest BCUT2D eigenvalue weighted by Gasteiger charge is -2.13. The highest BCUT2D eigenvalue weighted by Crippen LogP contribution is 2.29. The average molecular weight is 508 g/mol. The summed E-state index contributed by atoms with van der Waals surface area (Å²) in [6.07, 6.45) is 3.46. The van der Waals surface area contributed by atoms with Crippen molar-refractivity contribution in [2.24, 2.45) is 0 Å². The number of aromatic nitrogens is 4. The number of hydrogen-bond acceptors (Lipinski definition) is 5. The Morgan fingerprint density at radius 2 is 1.66 bits per heavy atom. The predicted molar refractivity (Wildman–Crippen MR) is 132 cm³/mol. The first kappa shape index (κ1) is 22.2. The van der Waals surface area contributed by atoms with Crippen LogP contribution in [0.1, 0.15) is 16.7 Å². The number of pyridine rings is 1. The monoisotopic (exact) mass is 507 g/mol. The Labute approximate surface area is 199 Å². The van der Waals surface area contributed by atoms with Gasteiger partial charge in [0.1, 0.15) is 0 Å². The lowest BCUT2D eigenvalue weighted by molar-refractivity contribution is -0.113. The molecule has 2 aromatic carbocycles. The van der Waals surface area contributed by atoms with Crippen molar-refractivity contribution in [3.8, 4) is 17.1 Å². The largest absolute Gasteiger partial charge is 0.325 e. The standard InChI is InChI=1S/C24H22BrN5OS/c1-15-4-6-20(7-5-15)30-23(18-8-10-26-11-9-18)28-29-24(30)32-14-21(31)27-22-16(2)12-19(25)13-17(22)3/h4-13H,14H2,1-3H3,(H,27,31). The van der Waals surface area contributed by atoms with Gasteiger partial charge >= 0.3 is 0 Å². The summed E-state index contributed by atoms with van der Waals surface area (Å²) in [5, 5.41) is 12.5. The Balaban J connectivity index is 1.59. The molecule has 0 saturated carbocycles. The van der Waals surface area contributed by atoms with E-state index in [2.05, 4.69) is 36.4 Å². The third kappa shape index (κ3) is 4.92. The maximum Gasteiger partial charge on any atom is 0.234 e. The summed E-state index contributed by atoms with van der Waals surface area (Å²) in [4.78, 5) is 16.8. The predicted octanol–water partition coefficient (Wildman–Crippen LogP) is 5.75. The molecule has 1 amide bonds. The molecular formula is C24H22BrN5OS. The van der Waals surface area contributed by atoms with E-state index in [-0.39, 0.29) is 11.7 Å². The summed E-state index contributed by atoms with van der Waals surface area (Å²) in [5.74, 6) is 0.834. The van der Waals surface area contributed by atoms with Crippen LogP contribution >= 0.6 is 27.7 Å². The number of anilines is 1. The molecule has 0 aliphatic rings. The molecule has 8 heteroatoms. The van der Waals surface area contributed by atoms with Gasteiger partial charge in [-0.3, -0.25) is 14.3 Å². The number of carbonyl (C=O) groups excluding carboxylic acids is 1. The minimum Gasteiger partial charge on any atom is -0.325 e. The maximum absolute atomic E-state index is 12.7. The number of carbonyl (C=O) groups is 1. The zero-order chi connectivity index (χ0) is 22.7. The van der Waals surface area contributed by atoms with Crippen LogP contribution in [0.4, 0.5) is 5.69 Å². The van der Waals surface area contributed by atoms with Gasteiger partial charge in [0.25, 0.3) is 0 Å². The van der Waals surface area contributed by atoms with E-state index in [1.165, 1.54) is 17.3 Å². The number of halogens is 1. The molecule has 6 nitrogen and oxygen atoms in total. The Bertz CT molecular complexity index is 1230. The number of aryl methyl sites for hydroxylation is 3. The van der Waals surface area contributed by atoms with Crippen molar-refractivity contribution in [1.29, 1.82) is 0 Å². The molecule has 0 unspecified atom stereocenters. The molecule has 0 aliphatic carbocycles. The molecule has 0 bridgehead atoms. The van der Waals surface area contributed by atoms with Crippen molar-refractivity contribution in [2.75, 3.05) is 11.1 Å². The Morgan fingerprint density at radius 1 is 1.00 bits per heavy atom. The molecule has 0 saturated heterocycles. The number of hydrogen-bond donors (Lipinski definition) is 1. The SMILES string of the molecule is Cc1ccc(-n2c(SCC(=O)Nc3c(C)cc(Br)cc3C)nnc2-c2ccncc2)cc1. The molecule has 4 aromatic rings.